The zero-order valence-electron chi connectivity index (χ0n) is 13.0. The molecule has 2 aromatic rings. The van der Waals surface area contributed by atoms with Gasteiger partial charge >= 0.3 is 12.5 Å². The Balaban J connectivity index is 2.03. The Bertz CT molecular complexity index is 692. The Morgan fingerprint density at radius 3 is 2.36 bits per heavy atom. The maximum absolute atomic E-state index is 12.5. The van der Waals surface area contributed by atoms with E-state index in [9.17, 15) is 23.1 Å². The van der Waals surface area contributed by atoms with Crippen molar-refractivity contribution in [1.29, 1.82) is 0 Å². The van der Waals surface area contributed by atoms with Crippen molar-refractivity contribution < 1.29 is 32.5 Å². The summed E-state index contributed by atoms with van der Waals surface area (Å²) < 4.78 is 46.3. The smallest absolute Gasteiger partial charge is 0.445 e. The summed E-state index contributed by atoms with van der Waals surface area (Å²) in [6.45, 7) is -0.635. The highest BCUT2D eigenvalue weighted by molar-refractivity contribution is 5.68. The first kappa shape index (κ1) is 18.6. The van der Waals surface area contributed by atoms with E-state index in [1.165, 1.54) is 18.2 Å². The maximum Gasteiger partial charge on any atom is 0.573 e. The SMILES string of the molecule is O=C(NC(CO)c1ccccc1OC(F)(F)F)OCc1ccccc1. The number of aliphatic hydroxyl groups excluding tert-OH is 1. The van der Waals surface area contributed by atoms with Gasteiger partial charge in [0.2, 0.25) is 0 Å². The number of para-hydroxylation sites is 1. The lowest BCUT2D eigenvalue weighted by molar-refractivity contribution is -0.275. The number of ether oxygens (including phenoxy) is 2. The van der Waals surface area contributed by atoms with Crippen LogP contribution in [0.1, 0.15) is 17.2 Å². The van der Waals surface area contributed by atoms with Gasteiger partial charge in [-0.1, -0.05) is 48.5 Å². The summed E-state index contributed by atoms with van der Waals surface area (Å²) >= 11 is 0. The lowest BCUT2D eigenvalue weighted by Gasteiger charge is -2.20. The van der Waals surface area contributed by atoms with Crippen molar-refractivity contribution in [2.24, 2.45) is 0 Å². The summed E-state index contributed by atoms with van der Waals surface area (Å²) in [5.41, 5.74) is 0.734. The predicted molar refractivity (Wildman–Crippen MR) is 82.7 cm³/mol. The van der Waals surface area contributed by atoms with Gasteiger partial charge in [-0.25, -0.2) is 4.79 Å². The van der Waals surface area contributed by atoms with E-state index >= 15 is 0 Å². The van der Waals surface area contributed by atoms with Gasteiger partial charge in [-0.2, -0.15) is 0 Å². The molecule has 0 saturated heterocycles. The number of alkyl halides is 3. The molecule has 134 valence electrons. The zero-order valence-corrected chi connectivity index (χ0v) is 13.0. The van der Waals surface area contributed by atoms with Gasteiger partial charge in [-0.05, 0) is 11.6 Å². The van der Waals surface area contributed by atoms with E-state index in [2.05, 4.69) is 10.1 Å². The first-order valence-corrected chi connectivity index (χ1v) is 7.32. The van der Waals surface area contributed by atoms with Crippen LogP contribution < -0.4 is 10.1 Å². The van der Waals surface area contributed by atoms with Crippen LogP contribution in [0.15, 0.2) is 54.6 Å². The van der Waals surface area contributed by atoms with E-state index in [0.717, 1.165) is 11.6 Å². The average Bonchev–Trinajstić information content (AvgIpc) is 2.58. The van der Waals surface area contributed by atoms with E-state index in [1.54, 1.807) is 24.3 Å². The fourth-order valence-electron chi connectivity index (χ4n) is 2.11. The van der Waals surface area contributed by atoms with E-state index in [0.29, 0.717) is 0 Å². The first-order valence-electron chi connectivity index (χ1n) is 7.32. The lowest BCUT2D eigenvalue weighted by Crippen LogP contribution is -2.32. The lowest BCUT2D eigenvalue weighted by atomic mass is 10.1. The van der Waals surface area contributed by atoms with Gasteiger partial charge in [-0.3, -0.25) is 0 Å². The molecular weight excluding hydrogens is 339 g/mol. The number of halogens is 3. The molecule has 8 heteroatoms. The third kappa shape index (κ3) is 6.00. The standard InChI is InChI=1S/C17H16F3NO4/c18-17(19,20)25-15-9-5-4-8-13(15)14(10-22)21-16(23)24-11-12-6-2-1-3-7-12/h1-9,14,22H,10-11H2,(H,21,23). The number of benzene rings is 2. The number of hydrogen-bond acceptors (Lipinski definition) is 4. The van der Waals surface area contributed by atoms with Crippen molar-refractivity contribution in [2.45, 2.75) is 19.0 Å². The summed E-state index contributed by atoms with van der Waals surface area (Å²) in [7, 11) is 0. The van der Waals surface area contributed by atoms with Crippen LogP contribution >= 0.6 is 0 Å². The summed E-state index contributed by atoms with van der Waals surface area (Å²) in [4.78, 5) is 11.8. The molecule has 2 N–H and O–H groups in total. The molecule has 0 aliphatic heterocycles. The quantitative estimate of drug-likeness (QED) is 0.832. The van der Waals surface area contributed by atoms with Crippen LogP contribution in [0, 0.1) is 0 Å². The minimum absolute atomic E-state index is 0.00841. The Labute approximate surface area is 142 Å². The second-order valence-electron chi connectivity index (χ2n) is 5.03. The van der Waals surface area contributed by atoms with E-state index < -0.39 is 30.9 Å². The minimum Gasteiger partial charge on any atom is -0.445 e. The van der Waals surface area contributed by atoms with Gasteiger partial charge in [0, 0.05) is 5.56 Å². The minimum atomic E-state index is -4.88. The van der Waals surface area contributed by atoms with Crippen molar-refractivity contribution >= 4 is 6.09 Å². The molecule has 0 heterocycles. The molecule has 0 bridgehead atoms. The third-order valence-electron chi connectivity index (χ3n) is 3.21. The van der Waals surface area contributed by atoms with Crippen LogP contribution in [0.5, 0.6) is 5.75 Å². The Kier molecular flexibility index (Phi) is 6.24. The van der Waals surface area contributed by atoms with Gasteiger partial charge in [0.05, 0.1) is 12.6 Å². The Morgan fingerprint density at radius 1 is 1.08 bits per heavy atom. The van der Waals surface area contributed by atoms with Gasteiger partial charge < -0.3 is 19.9 Å². The van der Waals surface area contributed by atoms with E-state index in [-0.39, 0.29) is 12.2 Å². The van der Waals surface area contributed by atoms with E-state index in [1.807, 2.05) is 6.07 Å². The van der Waals surface area contributed by atoms with Gasteiger partial charge in [0.25, 0.3) is 0 Å². The summed E-state index contributed by atoms with van der Waals surface area (Å²) in [5, 5.41) is 11.8. The second-order valence-corrected chi connectivity index (χ2v) is 5.03. The molecule has 1 amide bonds. The van der Waals surface area contributed by atoms with Crippen LogP contribution in [0.25, 0.3) is 0 Å². The summed E-state index contributed by atoms with van der Waals surface area (Å²) in [6.07, 6.45) is -5.76. The number of amides is 1. The van der Waals surface area contributed by atoms with Gasteiger partial charge in [0.1, 0.15) is 12.4 Å². The Hall–Kier alpha value is -2.74. The third-order valence-corrected chi connectivity index (χ3v) is 3.21. The number of carbonyl (C=O) groups is 1. The van der Waals surface area contributed by atoms with Crippen molar-refractivity contribution in [3.63, 3.8) is 0 Å². The van der Waals surface area contributed by atoms with Crippen LogP contribution in [0.4, 0.5) is 18.0 Å². The van der Waals surface area contributed by atoms with Crippen LogP contribution in [0.3, 0.4) is 0 Å². The molecule has 0 aromatic heterocycles. The first-order chi connectivity index (χ1) is 11.9. The van der Waals surface area contributed by atoms with Crippen LogP contribution in [-0.4, -0.2) is 24.2 Å². The molecule has 0 aliphatic rings. The molecular formula is C17H16F3NO4. The molecule has 0 saturated carbocycles. The fraction of sp³-hybridized carbons (Fsp3) is 0.235. The number of nitrogens with one attached hydrogen (secondary N) is 1. The number of carbonyl (C=O) groups excluding carboxylic acids is 1. The van der Waals surface area contributed by atoms with Crippen molar-refractivity contribution in [2.75, 3.05) is 6.61 Å². The van der Waals surface area contributed by atoms with Crippen molar-refractivity contribution in [1.82, 2.24) is 5.32 Å². The molecule has 0 radical (unpaired) electrons. The number of hydrogen-bond donors (Lipinski definition) is 2. The highest BCUT2D eigenvalue weighted by Crippen LogP contribution is 2.30. The predicted octanol–water partition coefficient (Wildman–Crippen LogP) is 3.55. The summed E-state index contributed by atoms with van der Waals surface area (Å²) in [5.74, 6) is -0.502. The molecule has 0 aliphatic carbocycles. The molecule has 1 unspecified atom stereocenters. The van der Waals surface area contributed by atoms with Crippen molar-refractivity contribution in [3.05, 3.63) is 65.7 Å². The molecule has 2 aromatic carbocycles. The second kappa shape index (κ2) is 8.39. The highest BCUT2D eigenvalue weighted by Gasteiger charge is 2.33. The fourth-order valence-corrected chi connectivity index (χ4v) is 2.11. The molecule has 25 heavy (non-hydrogen) atoms. The Morgan fingerprint density at radius 2 is 1.72 bits per heavy atom. The largest absolute Gasteiger partial charge is 0.573 e. The molecule has 2 rings (SSSR count). The average molecular weight is 355 g/mol. The van der Waals surface area contributed by atoms with Gasteiger partial charge in [0.15, 0.2) is 0 Å². The number of aliphatic hydroxyl groups is 1. The highest BCUT2D eigenvalue weighted by atomic mass is 19.4. The maximum atomic E-state index is 12.5. The normalized spacial score (nSPS) is 12.3. The molecule has 1 atom stereocenters. The summed E-state index contributed by atoms with van der Waals surface area (Å²) in [6, 6.07) is 13.0. The molecule has 5 nitrogen and oxygen atoms in total. The number of rotatable bonds is 6. The van der Waals surface area contributed by atoms with E-state index in [4.69, 9.17) is 4.74 Å². The topological polar surface area (TPSA) is 67.8 Å². The van der Waals surface area contributed by atoms with Crippen LogP contribution in [0.2, 0.25) is 0 Å². The monoisotopic (exact) mass is 355 g/mol. The van der Waals surface area contributed by atoms with Crippen molar-refractivity contribution in [3.8, 4) is 5.75 Å². The number of alkyl carbamates (subject to hydrolysis) is 1. The molecule has 0 fully saturated rings. The van der Waals surface area contributed by atoms with Crippen LogP contribution in [-0.2, 0) is 11.3 Å². The molecule has 0 spiro atoms. The van der Waals surface area contributed by atoms with Gasteiger partial charge in [-0.15, -0.1) is 13.2 Å². The zero-order chi connectivity index (χ0) is 18.3.